The van der Waals surface area contributed by atoms with Crippen LogP contribution in [0.15, 0.2) is 0 Å². The number of hydrogen-bond acceptors (Lipinski definition) is 2. The van der Waals surface area contributed by atoms with Gasteiger partial charge in [0.2, 0.25) is 5.91 Å². The number of carbonyl (C=O) groups excluding carboxylic acids is 1. The third-order valence-electron chi connectivity index (χ3n) is 3.62. The first-order valence-corrected chi connectivity index (χ1v) is 5.33. The fourth-order valence-corrected chi connectivity index (χ4v) is 2.50. The lowest BCUT2D eigenvalue weighted by atomic mass is 9.68. The van der Waals surface area contributed by atoms with E-state index in [0.717, 1.165) is 19.5 Å². The molecule has 1 heterocycles. The molecule has 0 radical (unpaired) electrons. The molecule has 3 nitrogen and oxygen atoms in total. The van der Waals surface area contributed by atoms with Crippen molar-refractivity contribution in [3.8, 4) is 0 Å². The van der Waals surface area contributed by atoms with Gasteiger partial charge >= 0.3 is 0 Å². The topological polar surface area (TPSA) is 41.1 Å². The highest BCUT2D eigenvalue weighted by molar-refractivity contribution is 5.87. The molecule has 2 fully saturated rings. The summed E-state index contributed by atoms with van der Waals surface area (Å²) in [4.78, 5) is 11.8. The highest BCUT2D eigenvalue weighted by atomic mass is 16.2. The smallest absolute Gasteiger partial charge is 0.240 e. The van der Waals surface area contributed by atoms with Crippen LogP contribution in [0.4, 0.5) is 0 Å². The molecule has 2 rings (SSSR count). The SMILES string of the molecule is CCC1(C2CCC2)NCCNC1=O. The van der Waals surface area contributed by atoms with E-state index in [1.54, 1.807) is 0 Å². The molecule has 3 heteroatoms. The Kier molecular flexibility index (Phi) is 2.28. The lowest BCUT2D eigenvalue weighted by Crippen LogP contribution is -2.67. The third-order valence-corrected chi connectivity index (χ3v) is 3.62. The zero-order chi connectivity index (χ0) is 9.31. The van der Waals surface area contributed by atoms with Crippen LogP contribution in [0.25, 0.3) is 0 Å². The van der Waals surface area contributed by atoms with Gasteiger partial charge in [-0.15, -0.1) is 0 Å². The van der Waals surface area contributed by atoms with Gasteiger partial charge in [0.1, 0.15) is 5.54 Å². The molecule has 74 valence electrons. The average molecular weight is 182 g/mol. The van der Waals surface area contributed by atoms with Gasteiger partial charge in [-0.1, -0.05) is 13.3 Å². The monoisotopic (exact) mass is 182 g/mol. The number of rotatable bonds is 2. The van der Waals surface area contributed by atoms with E-state index in [-0.39, 0.29) is 11.4 Å². The van der Waals surface area contributed by atoms with Crippen molar-refractivity contribution in [1.82, 2.24) is 10.6 Å². The predicted molar refractivity (Wildman–Crippen MR) is 51.4 cm³/mol. The minimum absolute atomic E-state index is 0.226. The molecular formula is C10H18N2O. The molecule has 1 saturated carbocycles. The summed E-state index contributed by atoms with van der Waals surface area (Å²) in [5, 5.41) is 6.39. The molecule has 0 aromatic rings. The fraction of sp³-hybridized carbons (Fsp3) is 0.900. The van der Waals surface area contributed by atoms with Crippen molar-refractivity contribution in [2.45, 2.75) is 38.1 Å². The van der Waals surface area contributed by atoms with Crippen molar-refractivity contribution in [3.63, 3.8) is 0 Å². The first kappa shape index (κ1) is 9.00. The summed E-state index contributed by atoms with van der Waals surface area (Å²) in [6.07, 6.45) is 4.65. The molecule has 13 heavy (non-hydrogen) atoms. The molecule has 1 aliphatic heterocycles. The largest absolute Gasteiger partial charge is 0.353 e. The van der Waals surface area contributed by atoms with Gasteiger partial charge in [-0.05, 0) is 25.2 Å². The number of hydrogen-bond donors (Lipinski definition) is 2. The summed E-state index contributed by atoms with van der Waals surface area (Å²) >= 11 is 0. The molecule has 0 aromatic carbocycles. The Balaban J connectivity index is 2.15. The van der Waals surface area contributed by atoms with Crippen molar-refractivity contribution in [2.75, 3.05) is 13.1 Å². The summed E-state index contributed by atoms with van der Waals surface area (Å²) in [6, 6.07) is 0. The Morgan fingerprint density at radius 1 is 1.46 bits per heavy atom. The maximum absolute atomic E-state index is 11.8. The van der Waals surface area contributed by atoms with Gasteiger partial charge in [-0.3, -0.25) is 4.79 Å². The van der Waals surface area contributed by atoms with E-state index < -0.39 is 0 Å². The average Bonchev–Trinajstić information content (AvgIpc) is 2.06. The number of nitrogens with one attached hydrogen (secondary N) is 2. The fourth-order valence-electron chi connectivity index (χ4n) is 2.50. The minimum atomic E-state index is -0.226. The van der Waals surface area contributed by atoms with Crippen molar-refractivity contribution >= 4 is 5.91 Å². The van der Waals surface area contributed by atoms with Gasteiger partial charge < -0.3 is 10.6 Å². The zero-order valence-corrected chi connectivity index (χ0v) is 8.23. The second-order valence-corrected chi connectivity index (χ2v) is 4.14. The molecule has 1 amide bonds. The lowest BCUT2D eigenvalue weighted by Gasteiger charge is -2.46. The van der Waals surface area contributed by atoms with E-state index in [1.807, 2.05) is 0 Å². The Hall–Kier alpha value is -0.570. The van der Waals surface area contributed by atoms with Crippen molar-refractivity contribution < 1.29 is 4.79 Å². The first-order chi connectivity index (χ1) is 6.29. The molecular weight excluding hydrogens is 164 g/mol. The number of carbonyl (C=O) groups is 1. The van der Waals surface area contributed by atoms with Crippen molar-refractivity contribution in [1.29, 1.82) is 0 Å². The summed E-state index contributed by atoms with van der Waals surface area (Å²) in [7, 11) is 0. The highest BCUT2D eigenvalue weighted by Gasteiger charge is 2.47. The van der Waals surface area contributed by atoms with Crippen LogP contribution >= 0.6 is 0 Å². The van der Waals surface area contributed by atoms with Crippen LogP contribution in [0.5, 0.6) is 0 Å². The van der Waals surface area contributed by atoms with E-state index in [2.05, 4.69) is 17.6 Å². The van der Waals surface area contributed by atoms with Gasteiger partial charge in [0.15, 0.2) is 0 Å². The van der Waals surface area contributed by atoms with Gasteiger partial charge in [0.05, 0.1) is 0 Å². The van der Waals surface area contributed by atoms with Crippen LogP contribution in [0, 0.1) is 5.92 Å². The van der Waals surface area contributed by atoms with Crippen LogP contribution in [0.1, 0.15) is 32.6 Å². The summed E-state index contributed by atoms with van der Waals surface area (Å²) < 4.78 is 0. The third kappa shape index (κ3) is 1.26. The first-order valence-electron chi connectivity index (χ1n) is 5.33. The van der Waals surface area contributed by atoms with E-state index >= 15 is 0 Å². The van der Waals surface area contributed by atoms with E-state index in [4.69, 9.17) is 0 Å². The molecule has 2 N–H and O–H groups in total. The zero-order valence-electron chi connectivity index (χ0n) is 8.23. The predicted octanol–water partition coefficient (Wildman–Crippen LogP) is 0.655. The standard InChI is InChI=1S/C10H18N2O/c1-2-10(8-4-3-5-8)9(13)11-6-7-12-10/h8,12H,2-7H2,1H3,(H,11,13). The van der Waals surface area contributed by atoms with E-state index in [1.165, 1.54) is 19.3 Å². The molecule has 0 spiro atoms. The molecule has 0 bridgehead atoms. The number of amides is 1. The van der Waals surface area contributed by atoms with E-state index in [9.17, 15) is 4.79 Å². The Morgan fingerprint density at radius 3 is 2.69 bits per heavy atom. The van der Waals surface area contributed by atoms with Gasteiger partial charge in [0.25, 0.3) is 0 Å². The van der Waals surface area contributed by atoms with Crippen molar-refractivity contribution in [2.24, 2.45) is 5.92 Å². The second-order valence-electron chi connectivity index (χ2n) is 4.14. The Morgan fingerprint density at radius 2 is 2.23 bits per heavy atom. The van der Waals surface area contributed by atoms with Crippen molar-refractivity contribution in [3.05, 3.63) is 0 Å². The Labute approximate surface area is 79.3 Å². The normalized spacial score (nSPS) is 35.3. The minimum Gasteiger partial charge on any atom is -0.353 e. The van der Waals surface area contributed by atoms with Gasteiger partial charge in [-0.25, -0.2) is 0 Å². The van der Waals surface area contributed by atoms with Crippen LogP contribution in [-0.4, -0.2) is 24.5 Å². The second kappa shape index (κ2) is 3.29. The van der Waals surface area contributed by atoms with E-state index in [0.29, 0.717) is 5.92 Å². The summed E-state index contributed by atoms with van der Waals surface area (Å²) in [5.41, 5.74) is -0.226. The number of piperazine rings is 1. The van der Waals surface area contributed by atoms with Crippen LogP contribution in [-0.2, 0) is 4.79 Å². The molecule has 1 aliphatic carbocycles. The van der Waals surface area contributed by atoms with Gasteiger partial charge in [-0.2, -0.15) is 0 Å². The quantitative estimate of drug-likeness (QED) is 0.658. The molecule has 2 aliphatic rings. The summed E-state index contributed by atoms with van der Waals surface area (Å²) in [6.45, 7) is 3.82. The molecule has 1 atom stereocenters. The van der Waals surface area contributed by atoms with Gasteiger partial charge in [0, 0.05) is 13.1 Å². The summed E-state index contributed by atoms with van der Waals surface area (Å²) in [5.74, 6) is 0.809. The van der Waals surface area contributed by atoms with Crippen LogP contribution < -0.4 is 10.6 Å². The van der Waals surface area contributed by atoms with Crippen LogP contribution in [0.2, 0.25) is 0 Å². The lowest BCUT2D eigenvalue weighted by molar-refractivity contribution is -0.133. The molecule has 1 saturated heterocycles. The molecule has 0 aromatic heterocycles. The Bertz CT molecular complexity index is 213. The molecule has 1 unspecified atom stereocenters. The van der Waals surface area contributed by atoms with Crippen LogP contribution in [0.3, 0.4) is 0 Å². The maximum atomic E-state index is 11.8. The maximum Gasteiger partial charge on any atom is 0.240 e. The highest BCUT2D eigenvalue weighted by Crippen LogP contribution is 2.38.